The summed E-state index contributed by atoms with van der Waals surface area (Å²) < 4.78 is 13.0. The van der Waals surface area contributed by atoms with Crippen LogP contribution in [0.15, 0.2) is 85.3 Å². The highest BCUT2D eigenvalue weighted by molar-refractivity contribution is 5.94. The third-order valence-electron chi connectivity index (χ3n) is 6.14. The summed E-state index contributed by atoms with van der Waals surface area (Å²) in [6.45, 7) is 0.584. The molecule has 3 aromatic carbocycles. The molecule has 1 aromatic heterocycles. The minimum absolute atomic E-state index is 0.0642. The molecular weight excluding hydrogens is 414 g/mol. The second-order valence-corrected chi connectivity index (χ2v) is 7.95. The van der Waals surface area contributed by atoms with E-state index >= 15 is 0 Å². The molecule has 166 valence electrons. The zero-order chi connectivity index (χ0) is 22.8. The average molecular weight is 440 g/mol. The van der Waals surface area contributed by atoms with Crippen molar-refractivity contribution in [2.75, 3.05) is 20.8 Å². The van der Waals surface area contributed by atoms with Gasteiger partial charge in [0.05, 0.1) is 32.8 Å². The van der Waals surface area contributed by atoms with Gasteiger partial charge >= 0.3 is 0 Å². The molecule has 6 heteroatoms. The van der Waals surface area contributed by atoms with Crippen molar-refractivity contribution in [1.29, 1.82) is 0 Å². The lowest BCUT2D eigenvalue weighted by Gasteiger charge is -2.38. The Labute approximate surface area is 193 Å². The molecule has 5 rings (SSSR count). The maximum Gasteiger partial charge on any atom is 0.273 e. The van der Waals surface area contributed by atoms with Crippen LogP contribution in [0.25, 0.3) is 5.69 Å². The minimum atomic E-state index is -0.249. The molecule has 0 radical (unpaired) electrons. The Hall–Kier alpha value is -4.06. The number of para-hydroxylation sites is 1. The number of amides is 1. The van der Waals surface area contributed by atoms with Gasteiger partial charge in [0.25, 0.3) is 5.91 Å². The van der Waals surface area contributed by atoms with Crippen molar-refractivity contribution in [3.63, 3.8) is 0 Å². The Bertz CT molecular complexity index is 1270. The zero-order valence-corrected chi connectivity index (χ0v) is 18.6. The Balaban J connectivity index is 1.61. The van der Waals surface area contributed by atoms with E-state index in [2.05, 4.69) is 17.1 Å². The Kier molecular flexibility index (Phi) is 5.57. The number of imidazole rings is 1. The number of ether oxygens (including phenoxy) is 2. The normalized spacial score (nSPS) is 15.1. The first kappa shape index (κ1) is 20.8. The number of rotatable bonds is 5. The number of carbonyl (C=O) groups is 1. The molecule has 0 saturated carbocycles. The van der Waals surface area contributed by atoms with Crippen molar-refractivity contribution in [2.45, 2.75) is 12.5 Å². The second-order valence-electron chi connectivity index (χ2n) is 7.95. The van der Waals surface area contributed by atoms with Crippen molar-refractivity contribution < 1.29 is 14.3 Å². The molecule has 1 aliphatic rings. The largest absolute Gasteiger partial charge is 0.493 e. The van der Waals surface area contributed by atoms with Crippen LogP contribution in [0.1, 0.15) is 33.2 Å². The van der Waals surface area contributed by atoms with E-state index in [9.17, 15) is 4.79 Å². The fraction of sp³-hybridized carbons (Fsp3) is 0.185. The van der Waals surface area contributed by atoms with Crippen LogP contribution in [0.5, 0.6) is 11.5 Å². The lowest BCUT2D eigenvalue weighted by atomic mass is 9.87. The number of hydrogen-bond donors (Lipinski definition) is 0. The highest BCUT2D eigenvalue weighted by Crippen LogP contribution is 2.41. The average Bonchev–Trinajstić information content (AvgIpc) is 3.38. The van der Waals surface area contributed by atoms with Crippen LogP contribution in [0.4, 0.5) is 0 Å². The van der Waals surface area contributed by atoms with Gasteiger partial charge < -0.3 is 14.4 Å². The molecule has 0 bridgehead atoms. The summed E-state index contributed by atoms with van der Waals surface area (Å²) in [5.41, 5.74) is 4.68. The van der Waals surface area contributed by atoms with Gasteiger partial charge in [-0.2, -0.15) is 0 Å². The molecule has 1 unspecified atom stereocenters. The molecule has 0 saturated heterocycles. The molecule has 0 fully saturated rings. The van der Waals surface area contributed by atoms with Gasteiger partial charge in [-0.05, 0) is 47.4 Å². The van der Waals surface area contributed by atoms with Gasteiger partial charge in [0.2, 0.25) is 0 Å². The van der Waals surface area contributed by atoms with Crippen LogP contribution in [-0.4, -0.2) is 41.1 Å². The van der Waals surface area contributed by atoms with Gasteiger partial charge in [-0.1, -0.05) is 48.5 Å². The van der Waals surface area contributed by atoms with E-state index in [0.29, 0.717) is 23.7 Å². The van der Waals surface area contributed by atoms with Crippen LogP contribution in [0.2, 0.25) is 0 Å². The van der Waals surface area contributed by atoms with Crippen molar-refractivity contribution in [3.8, 4) is 17.2 Å². The van der Waals surface area contributed by atoms with Gasteiger partial charge in [0.15, 0.2) is 11.5 Å². The molecule has 0 aliphatic carbocycles. The molecule has 4 aromatic rings. The predicted octanol–water partition coefficient (Wildman–Crippen LogP) is 4.68. The third-order valence-corrected chi connectivity index (χ3v) is 6.14. The Morgan fingerprint density at radius 2 is 1.61 bits per heavy atom. The molecule has 0 N–H and O–H groups in total. The summed E-state index contributed by atoms with van der Waals surface area (Å²) in [5.74, 6) is 1.29. The van der Waals surface area contributed by atoms with Gasteiger partial charge in [0, 0.05) is 12.2 Å². The highest BCUT2D eigenvalue weighted by atomic mass is 16.5. The maximum atomic E-state index is 13.9. The number of fused-ring (bicyclic) bond motifs is 1. The topological polar surface area (TPSA) is 56.6 Å². The molecule has 1 aliphatic heterocycles. The summed E-state index contributed by atoms with van der Waals surface area (Å²) in [7, 11) is 3.27. The molecule has 6 nitrogen and oxygen atoms in total. The van der Waals surface area contributed by atoms with Crippen LogP contribution >= 0.6 is 0 Å². The van der Waals surface area contributed by atoms with E-state index in [1.54, 1.807) is 26.7 Å². The van der Waals surface area contributed by atoms with Gasteiger partial charge in [-0.3, -0.25) is 9.36 Å². The number of nitrogens with zero attached hydrogens (tertiary/aromatic N) is 3. The second kappa shape index (κ2) is 8.82. The molecule has 1 atom stereocenters. The SMILES string of the molecule is COc1cc2c(cc1OC)C(c1ccccc1)N(C(=O)c1cncn1-c1ccccc1)CC2. The molecular formula is C27H25N3O3. The summed E-state index contributed by atoms with van der Waals surface area (Å²) >= 11 is 0. The molecule has 1 amide bonds. The lowest BCUT2D eigenvalue weighted by Crippen LogP contribution is -2.41. The Morgan fingerprint density at radius 3 is 2.30 bits per heavy atom. The van der Waals surface area contributed by atoms with Gasteiger partial charge in [-0.25, -0.2) is 4.98 Å². The summed E-state index contributed by atoms with van der Waals surface area (Å²) in [6, 6.07) is 23.7. The van der Waals surface area contributed by atoms with Gasteiger partial charge in [0.1, 0.15) is 5.69 Å². The third kappa shape index (κ3) is 3.74. The van der Waals surface area contributed by atoms with Crippen LogP contribution < -0.4 is 9.47 Å². The predicted molar refractivity (Wildman–Crippen MR) is 126 cm³/mol. The van der Waals surface area contributed by atoms with Crippen LogP contribution in [-0.2, 0) is 6.42 Å². The van der Waals surface area contributed by atoms with E-state index in [-0.39, 0.29) is 11.9 Å². The van der Waals surface area contributed by atoms with E-state index < -0.39 is 0 Å². The Morgan fingerprint density at radius 1 is 0.939 bits per heavy atom. The summed E-state index contributed by atoms with van der Waals surface area (Å²) in [5, 5.41) is 0. The standard InChI is InChI=1S/C27H25N3O3/c1-32-24-15-20-13-14-29(26(19-9-5-3-6-10-19)22(20)16-25(24)33-2)27(31)23-17-28-18-30(23)21-11-7-4-8-12-21/h3-12,15-18,26H,13-14H2,1-2H3. The number of carbonyl (C=O) groups excluding carboxylic acids is 1. The monoisotopic (exact) mass is 439 g/mol. The molecule has 33 heavy (non-hydrogen) atoms. The first-order valence-electron chi connectivity index (χ1n) is 10.9. The first-order chi connectivity index (χ1) is 16.2. The van der Waals surface area contributed by atoms with Crippen molar-refractivity contribution >= 4 is 5.91 Å². The fourth-order valence-corrected chi connectivity index (χ4v) is 4.55. The van der Waals surface area contributed by atoms with Crippen LogP contribution in [0, 0.1) is 0 Å². The highest BCUT2D eigenvalue weighted by Gasteiger charge is 2.35. The van der Waals surface area contributed by atoms with E-state index in [4.69, 9.17) is 9.47 Å². The van der Waals surface area contributed by atoms with Crippen molar-refractivity contribution in [1.82, 2.24) is 14.5 Å². The van der Waals surface area contributed by atoms with Crippen molar-refractivity contribution in [3.05, 3.63) is 108 Å². The number of benzene rings is 3. The zero-order valence-electron chi connectivity index (χ0n) is 18.6. The summed E-state index contributed by atoms with van der Waals surface area (Å²) in [4.78, 5) is 20.2. The summed E-state index contributed by atoms with van der Waals surface area (Å²) in [6.07, 6.45) is 4.05. The molecule has 0 spiro atoms. The number of methoxy groups -OCH3 is 2. The number of aromatic nitrogens is 2. The maximum absolute atomic E-state index is 13.9. The number of hydrogen-bond acceptors (Lipinski definition) is 4. The fourth-order valence-electron chi connectivity index (χ4n) is 4.55. The molecule has 2 heterocycles. The quantitative estimate of drug-likeness (QED) is 0.453. The van der Waals surface area contributed by atoms with E-state index in [0.717, 1.165) is 28.8 Å². The minimum Gasteiger partial charge on any atom is -0.493 e. The smallest absolute Gasteiger partial charge is 0.273 e. The lowest BCUT2D eigenvalue weighted by molar-refractivity contribution is 0.0686. The van der Waals surface area contributed by atoms with Crippen LogP contribution in [0.3, 0.4) is 0 Å². The van der Waals surface area contributed by atoms with E-state index in [1.807, 2.05) is 70.1 Å². The van der Waals surface area contributed by atoms with Crippen molar-refractivity contribution in [2.24, 2.45) is 0 Å². The first-order valence-corrected chi connectivity index (χ1v) is 10.9. The van der Waals surface area contributed by atoms with E-state index in [1.165, 1.54) is 0 Å². The van der Waals surface area contributed by atoms with Gasteiger partial charge in [-0.15, -0.1) is 0 Å².